The van der Waals surface area contributed by atoms with Gasteiger partial charge in [-0.1, -0.05) is 0 Å². The van der Waals surface area contributed by atoms with Gasteiger partial charge in [-0.15, -0.1) is 0 Å². The van der Waals surface area contributed by atoms with Gasteiger partial charge >= 0.3 is 12.1 Å². The lowest BCUT2D eigenvalue weighted by atomic mass is 10.0. The van der Waals surface area contributed by atoms with Crippen LogP contribution < -0.4 is 0 Å². The Morgan fingerprint density at radius 3 is 2.53 bits per heavy atom. The number of alkyl halides is 3. The number of carboxylic acids is 1. The smallest absolute Gasteiger partial charge is 0.417 e. The van der Waals surface area contributed by atoms with Gasteiger partial charge in [0.05, 0.1) is 22.4 Å². The van der Waals surface area contributed by atoms with Crippen LogP contribution in [0.5, 0.6) is 0 Å². The zero-order chi connectivity index (χ0) is 14.2. The normalized spacial score (nSPS) is 11.6. The molecule has 0 saturated heterocycles. The van der Waals surface area contributed by atoms with Crippen LogP contribution in [-0.2, 0) is 6.18 Å². The molecular formula is C12H8F3NO3. The summed E-state index contributed by atoms with van der Waals surface area (Å²) in [4.78, 5) is 14.6. The number of aryl methyl sites for hydroxylation is 1. The number of rotatable bonds is 2. The van der Waals surface area contributed by atoms with Crippen molar-refractivity contribution in [1.82, 2.24) is 4.98 Å². The molecule has 19 heavy (non-hydrogen) atoms. The predicted molar refractivity (Wildman–Crippen MR) is 58.6 cm³/mol. The van der Waals surface area contributed by atoms with Gasteiger partial charge in [-0.25, -0.2) is 9.78 Å². The third-order valence-corrected chi connectivity index (χ3v) is 2.42. The molecule has 0 unspecified atom stereocenters. The molecule has 0 saturated carbocycles. The van der Waals surface area contributed by atoms with Crippen molar-refractivity contribution in [1.29, 1.82) is 0 Å². The molecule has 0 radical (unpaired) electrons. The fourth-order valence-corrected chi connectivity index (χ4v) is 1.58. The third-order valence-electron chi connectivity index (χ3n) is 2.42. The van der Waals surface area contributed by atoms with E-state index in [-0.39, 0.29) is 17.0 Å². The van der Waals surface area contributed by atoms with Gasteiger partial charge in [-0.3, -0.25) is 0 Å². The Labute approximate surface area is 105 Å². The number of hydrogen-bond donors (Lipinski definition) is 1. The summed E-state index contributed by atoms with van der Waals surface area (Å²) < 4.78 is 43.5. The quantitative estimate of drug-likeness (QED) is 0.909. The Kier molecular flexibility index (Phi) is 3.05. The lowest BCUT2D eigenvalue weighted by Crippen LogP contribution is -2.09. The van der Waals surface area contributed by atoms with Crippen LogP contribution in [0.1, 0.15) is 21.6 Å². The summed E-state index contributed by atoms with van der Waals surface area (Å²) in [6, 6.07) is 2.50. The summed E-state index contributed by atoms with van der Waals surface area (Å²) in [7, 11) is 0. The van der Waals surface area contributed by atoms with E-state index in [4.69, 9.17) is 9.52 Å². The van der Waals surface area contributed by atoms with Crippen LogP contribution in [0.25, 0.3) is 11.5 Å². The van der Waals surface area contributed by atoms with Crippen molar-refractivity contribution in [2.75, 3.05) is 0 Å². The summed E-state index contributed by atoms with van der Waals surface area (Å²) in [5, 5.41) is 8.82. The highest BCUT2D eigenvalue weighted by Gasteiger charge is 2.35. The van der Waals surface area contributed by atoms with Gasteiger partial charge in [-0.05, 0) is 25.1 Å². The molecule has 0 amide bonds. The predicted octanol–water partition coefficient (Wildman–Crippen LogP) is 3.37. The number of aromatic nitrogens is 1. The van der Waals surface area contributed by atoms with Crippen molar-refractivity contribution in [2.45, 2.75) is 13.1 Å². The van der Waals surface area contributed by atoms with Crippen LogP contribution in [0.2, 0.25) is 0 Å². The maximum absolute atomic E-state index is 12.9. The zero-order valence-corrected chi connectivity index (χ0v) is 9.65. The van der Waals surface area contributed by atoms with E-state index in [1.165, 1.54) is 6.26 Å². The summed E-state index contributed by atoms with van der Waals surface area (Å²) in [6.45, 7) is 1.56. The SMILES string of the molecule is Cc1coc(-c2cc(C(=O)O)ccc2C(F)(F)F)n1. The number of carboxylic acid groups (broad SMARTS) is 1. The van der Waals surface area contributed by atoms with Gasteiger partial charge in [0.15, 0.2) is 0 Å². The first kappa shape index (κ1) is 13.1. The van der Waals surface area contributed by atoms with Crippen molar-refractivity contribution in [3.63, 3.8) is 0 Å². The summed E-state index contributed by atoms with van der Waals surface area (Å²) in [5.74, 6) is -1.58. The Hall–Kier alpha value is -2.31. The standard InChI is InChI=1S/C12H8F3NO3/c1-6-5-19-10(16-6)8-4-7(11(17)18)2-3-9(8)12(13,14)15/h2-5H,1H3,(H,17,18). The Balaban J connectivity index is 2.66. The van der Waals surface area contributed by atoms with E-state index < -0.39 is 17.7 Å². The van der Waals surface area contributed by atoms with E-state index in [1.54, 1.807) is 6.92 Å². The minimum atomic E-state index is -4.62. The average molecular weight is 271 g/mol. The van der Waals surface area contributed by atoms with Crippen molar-refractivity contribution in [3.05, 3.63) is 41.3 Å². The van der Waals surface area contributed by atoms with Crippen molar-refractivity contribution in [3.8, 4) is 11.5 Å². The van der Waals surface area contributed by atoms with Gasteiger partial charge < -0.3 is 9.52 Å². The maximum atomic E-state index is 12.9. The molecule has 0 bridgehead atoms. The molecule has 0 fully saturated rings. The van der Waals surface area contributed by atoms with Crippen molar-refractivity contribution in [2.24, 2.45) is 0 Å². The van der Waals surface area contributed by atoms with E-state index in [0.29, 0.717) is 11.8 Å². The van der Waals surface area contributed by atoms with Crippen molar-refractivity contribution >= 4 is 5.97 Å². The number of halogens is 3. The van der Waals surface area contributed by atoms with Gasteiger partial charge in [0.2, 0.25) is 5.89 Å². The number of hydrogen-bond acceptors (Lipinski definition) is 3. The molecule has 1 aromatic heterocycles. The lowest BCUT2D eigenvalue weighted by Gasteiger charge is -2.11. The van der Waals surface area contributed by atoms with Gasteiger partial charge in [0.25, 0.3) is 0 Å². The Morgan fingerprint density at radius 2 is 2.05 bits per heavy atom. The second kappa shape index (κ2) is 4.42. The van der Waals surface area contributed by atoms with Gasteiger partial charge in [0, 0.05) is 0 Å². The fraction of sp³-hybridized carbons (Fsp3) is 0.167. The van der Waals surface area contributed by atoms with Gasteiger partial charge in [0.1, 0.15) is 6.26 Å². The van der Waals surface area contributed by atoms with Crippen LogP contribution >= 0.6 is 0 Å². The second-order valence-electron chi connectivity index (χ2n) is 3.86. The number of benzene rings is 1. The molecular weight excluding hydrogens is 263 g/mol. The minimum absolute atomic E-state index is 0.257. The van der Waals surface area contributed by atoms with E-state index in [1.807, 2.05) is 0 Å². The van der Waals surface area contributed by atoms with Crippen molar-refractivity contribution < 1.29 is 27.5 Å². The van der Waals surface area contributed by atoms with Gasteiger partial charge in [-0.2, -0.15) is 13.2 Å². The summed E-state index contributed by atoms with van der Waals surface area (Å²) in [5.41, 5.74) is -1.23. The number of oxazole rings is 1. The molecule has 100 valence electrons. The Bertz CT molecular complexity index is 631. The van der Waals surface area contributed by atoms with Crippen LogP contribution in [-0.4, -0.2) is 16.1 Å². The van der Waals surface area contributed by atoms with Crippen LogP contribution in [0.3, 0.4) is 0 Å². The molecule has 1 heterocycles. The average Bonchev–Trinajstić information content (AvgIpc) is 2.73. The lowest BCUT2D eigenvalue weighted by molar-refractivity contribution is -0.137. The molecule has 2 rings (SSSR count). The van der Waals surface area contributed by atoms with Crippen LogP contribution in [0, 0.1) is 6.92 Å². The topological polar surface area (TPSA) is 63.3 Å². The highest BCUT2D eigenvalue weighted by Crippen LogP contribution is 2.37. The molecule has 0 spiro atoms. The molecule has 1 aromatic carbocycles. The highest BCUT2D eigenvalue weighted by molar-refractivity contribution is 5.89. The largest absolute Gasteiger partial charge is 0.478 e. The first-order valence-electron chi connectivity index (χ1n) is 5.16. The molecule has 1 N–H and O–H groups in total. The summed E-state index contributed by atoms with van der Waals surface area (Å²) in [6.07, 6.45) is -3.42. The van der Waals surface area contributed by atoms with E-state index in [9.17, 15) is 18.0 Å². The number of carbonyl (C=O) groups is 1. The van der Waals surface area contributed by atoms with E-state index in [2.05, 4.69) is 4.98 Å². The zero-order valence-electron chi connectivity index (χ0n) is 9.65. The molecule has 0 aliphatic carbocycles. The highest BCUT2D eigenvalue weighted by atomic mass is 19.4. The first-order chi connectivity index (χ1) is 8.79. The Morgan fingerprint density at radius 1 is 1.37 bits per heavy atom. The molecule has 7 heteroatoms. The third kappa shape index (κ3) is 2.59. The molecule has 0 aliphatic rings. The summed E-state index contributed by atoms with van der Waals surface area (Å²) >= 11 is 0. The number of aromatic carboxylic acids is 1. The molecule has 0 atom stereocenters. The van der Waals surface area contributed by atoms with E-state index in [0.717, 1.165) is 12.1 Å². The molecule has 4 nitrogen and oxygen atoms in total. The molecule has 0 aliphatic heterocycles. The second-order valence-corrected chi connectivity index (χ2v) is 3.86. The van der Waals surface area contributed by atoms with Crippen LogP contribution in [0.15, 0.2) is 28.9 Å². The maximum Gasteiger partial charge on any atom is 0.417 e. The molecule has 2 aromatic rings. The van der Waals surface area contributed by atoms with E-state index >= 15 is 0 Å². The number of nitrogens with zero attached hydrogens (tertiary/aromatic N) is 1. The monoisotopic (exact) mass is 271 g/mol. The minimum Gasteiger partial charge on any atom is -0.478 e. The van der Waals surface area contributed by atoms with Crippen LogP contribution in [0.4, 0.5) is 13.2 Å². The fourth-order valence-electron chi connectivity index (χ4n) is 1.58. The first-order valence-corrected chi connectivity index (χ1v) is 5.16.